The number of nitrogens with one attached hydrogen (secondary N) is 1. The third kappa shape index (κ3) is 4.29. The zero-order valence-electron chi connectivity index (χ0n) is 15.1. The van der Waals surface area contributed by atoms with E-state index in [1.54, 1.807) is 48.5 Å². The Morgan fingerprint density at radius 1 is 1.14 bits per heavy atom. The quantitative estimate of drug-likeness (QED) is 0.580. The van der Waals surface area contributed by atoms with Gasteiger partial charge in [-0.2, -0.15) is 5.10 Å². The summed E-state index contributed by atoms with van der Waals surface area (Å²) < 4.78 is 6.32. The number of para-hydroxylation sites is 1. The van der Waals surface area contributed by atoms with Gasteiger partial charge in [0.05, 0.1) is 25.3 Å². The number of nitrogens with zero attached hydrogens (tertiary/aromatic N) is 2. The predicted octanol–water partition coefficient (Wildman–Crippen LogP) is 2.53. The van der Waals surface area contributed by atoms with E-state index in [2.05, 4.69) is 10.4 Å². The highest BCUT2D eigenvalue weighted by Gasteiger charge is 2.22. The van der Waals surface area contributed by atoms with Crippen LogP contribution in [0.3, 0.4) is 0 Å². The van der Waals surface area contributed by atoms with Gasteiger partial charge in [0.25, 0.3) is 5.91 Å². The largest absolute Gasteiger partial charge is 0.497 e. The SMILES string of the molecule is COc1ccc(C(CC(=O)O)NC(=O)c2cc(O)n(-c3ccccc3)n2)cc1. The van der Waals surface area contributed by atoms with Crippen molar-refractivity contribution < 1.29 is 24.5 Å². The number of ether oxygens (including phenoxy) is 1. The number of hydrogen-bond acceptors (Lipinski definition) is 5. The lowest BCUT2D eigenvalue weighted by Gasteiger charge is -2.17. The van der Waals surface area contributed by atoms with Crippen LogP contribution in [0.25, 0.3) is 5.69 Å². The van der Waals surface area contributed by atoms with Crippen LogP contribution in [0.15, 0.2) is 60.7 Å². The molecule has 3 aromatic rings. The van der Waals surface area contributed by atoms with Gasteiger partial charge in [-0.3, -0.25) is 9.59 Å². The average molecular weight is 381 g/mol. The summed E-state index contributed by atoms with van der Waals surface area (Å²) in [5.74, 6) is -1.22. The number of carboxylic acids is 1. The number of carboxylic acid groups (broad SMARTS) is 1. The van der Waals surface area contributed by atoms with Crippen molar-refractivity contribution in [2.45, 2.75) is 12.5 Å². The van der Waals surface area contributed by atoms with Crippen molar-refractivity contribution in [3.63, 3.8) is 0 Å². The first-order valence-electron chi connectivity index (χ1n) is 8.49. The molecular formula is C20H19N3O5. The summed E-state index contributed by atoms with van der Waals surface area (Å²) in [7, 11) is 1.53. The van der Waals surface area contributed by atoms with Crippen molar-refractivity contribution in [3.8, 4) is 17.3 Å². The molecule has 0 aliphatic rings. The minimum atomic E-state index is -1.06. The average Bonchev–Trinajstić information content (AvgIpc) is 3.10. The summed E-state index contributed by atoms with van der Waals surface area (Å²) in [6.45, 7) is 0. The number of carbonyl (C=O) groups excluding carboxylic acids is 1. The molecule has 144 valence electrons. The van der Waals surface area contributed by atoms with Crippen molar-refractivity contribution in [1.82, 2.24) is 15.1 Å². The summed E-state index contributed by atoms with van der Waals surface area (Å²) in [4.78, 5) is 23.8. The highest BCUT2D eigenvalue weighted by atomic mass is 16.5. The second-order valence-electron chi connectivity index (χ2n) is 6.03. The molecule has 3 N–H and O–H groups in total. The first-order chi connectivity index (χ1) is 13.5. The second-order valence-corrected chi connectivity index (χ2v) is 6.03. The number of aliphatic carboxylic acids is 1. The summed E-state index contributed by atoms with van der Waals surface area (Å²) in [6, 6.07) is 16.1. The van der Waals surface area contributed by atoms with Gasteiger partial charge < -0.3 is 20.3 Å². The molecule has 0 fully saturated rings. The molecule has 1 atom stereocenters. The third-order valence-corrected chi connectivity index (χ3v) is 4.13. The smallest absolute Gasteiger partial charge is 0.305 e. The van der Waals surface area contributed by atoms with Gasteiger partial charge >= 0.3 is 5.97 Å². The van der Waals surface area contributed by atoms with Crippen LogP contribution in [0.4, 0.5) is 0 Å². The molecule has 2 aromatic carbocycles. The van der Waals surface area contributed by atoms with Crippen LogP contribution in [0.2, 0.25) is 0 Å². The Kier molecular flexibility index (Phi) is 5.59. The van der Waals surface area contributed by atoms with E-state index in [9.17, 15) is 19.8 Å². The number of rotatable bonds is 7. The standard InChI is InChI=1S/C20H19N3O5/c1-28-15-9-7-13(8-10-15)16(12-19(25)26)21-20(27)17-11-18(24)23(22-17)14-5-3-2-4-6-14/h2-11,16,24H,12H2,1H3,(H,21,27)(H,25,26). The lowest BCUT2D eigenvalue weighted by Crippen LogP contribution is -2.30. The van der Waals surface area contributed by atoms with Crippen LogP contribution >= 0.6 is 0 Å². The molecule has 0 radical (unpaired) electrons. The van der Waals surface area contributed by atoms with E-state index < -0.39 is 17.9 Å². The molecule has 1 aromatic heterocycles. The summed E-state index contributed by atoms with van der Waals surface area (Å²) in [6.07, 6.45) is -0.302. The van der Waals surface area contributed by atoms with E-state index in [4.69, 9.17) is 4.74 Å². The Hall–Kier alpha value is -3.81. The maximum Gasteiger partial charge on any atom is 0.305 e. The van der Waals surface area contributed by atoms with Crippen LogP contribution < -0.4 is 10.1 Å². The molecule has 0 aliphatic carbocycles. The zero-order chi connectivity index (χ0) is 20.1. The third-order valence-electron chi connectivity index (χ3n) is 4.13. The highest BCUT2D eigenvalue weighted by molar-refractivity contribution is 5.93. The molecule has 8 heteroatoms. The normalized spacial score (nSPS) is 11.6. The molecule has 1 heterocycles. The molecule has 0 bridgehead atoms. The number of aromatic nitrogens is 2. The van der Waals surface area contributed by atoms with Gasteiger partial charge in [0.2, 0.25) is 5.88 Å². The van der Waals surface area contributed by atoms with E-state index in [0.29, 0.717) is 17.0 Å². The Labute approximate surface area is 161 Å². The monoisotopic (exact) mass is 381 g/mol. The molecular weight excluding hydrogens is 362 g/mol. The number of benzene rings is 2. The van der Waals surface area contributed by atoms with Gasteiger partial charge in [-0.25, -0.2) is 4.68 Å². The molecule has 0 aliphatic heterocycles. The van der Waals surface area contributed by atoms with Crippen LogP contribution in [-0.4, -0.2) is 39.0 Å². The van der Waals surface area contributed by atoms with E-state index in [-0.39, 0.29) is 18.0 Å². The van der Waals surface area contributed by atoms with Crippen LogP contribution in [0, 0.1) is 0 Å². The summed E-state index contributed by atoms with van der Waals surface area (Å²) >= 11 is 0. The van der Waals surface area contributed by atoms with Gasteiger partial charge in [-0.15, -0.1) is 0 Å². The fourth-order valence-corrected chi connectivity index (χ4v) is 2.74. The van der Waals surface area contributed by atoms with Crippen LogP contribution in [-0.2, 0) is 4.79 Å². The number of methoxy groups -OCH3 is 1. The Bertz CT molecular complexity index is 967. The second kappa shape index (κ2) is 8.26. The number of hydrogen-bond donors (Lipinski definition) is 3. The lowest BCUT2D eigenvalue weighted by atomic mass is 10.0. The molecule has 28 heavy (non-hydrogen) atoms. The van der Waals surface area contributed by atoms with Gasteiger partial charge in [0, 0.05) is 6.07 Å². The van der Waals surface area contributed by atoms with E-state index in [1.807, 2.05) is 6.07 Å². The summed E-state index contributed by atoms with van der Waals surface area (Å²) in [5.41, 5.74) is 1.19. The van der Waals surface area contributed by atoms with Crippen molar-refractivity contribution in [2.75, 3.05) is 7.11 Å². The fraction of sp³-hybridized carbons (Fsp3) is 0.150. The minimum absolute atomic E-state index is 0.0229. The van der Waals surface area contributed by atoms with Gasteiger partial charge in [0.15, 0.2) is 5.69 Å². The van der Waals surface area contributed by atoms with Crippen molar-refractivity contribution in [3.05, 3.63) is 71.9 Å². The molecule has 0 saturated carbocycles. The lowest BCUT2D eigenvalue weighted by molar-refractivity contribution is -0.137. The molecule has 0 saturated heterocycles. The highest BCUT2D eigenvalue weighted by Crippen LogP contribution is 2.22. The minimum Gasteiger partial charge on any atom is -0.497 e. The van der Waals surface area contributed by atoms with E-state index in [0.717, 1.165) is 0 Å². The van der Waals surface area contributed by atoms with E-state index in [1.165, 1.54) is 17.9 Å². The first kappa shape index (κ1) is 19.0. The first-order valence-corrected chi connectivity index (χ1v) is 8.49. The van der Waals surface area contributed by atoms with Crippen molar-refractivity contribution in [1.29, 1.82) is 0 Å². The van der Waals surface area contributed by atoms with Gasteiger partial charge in [0.1, 0.15) is 5.75 Å². The Balaban J connectivity index is 1.83. The zero-order valence-corrected chi connectivity index (χ0v) is 15.1. The molecule has 1 amide bonds. The fourth-order valence-electron chi connectivity index (χ4n) is 2.74. The molecule has 0 spiro atoms. The molecule has 1 unspecified atom stereocenters. The Morgan fingerprint density at radius 2 is 1.82 bits per heavy atom. The molecule has 3 rings (SSSR count). The topological polar surface area (TPSA) is 114 Å². The maximum atomic E-state index is 12.6. The van der Waals surface area contributed by atoms with Crippen molar-refractivity contribution in [2.24, 2.45) is 0 Å². The van der Waals surface area contributed by atoms with Crippen LogP contribution in [0.1, 0.15) is 28.5 Å². The van der Waals surface area contributed by atoms with E-state index >= 15 is 0 Å². The number of carbonyl (C=O) groups is 2. The maximum absolute atomic E-state index is 12.6. The Morgan fingerprint density at radius 3 is 2.43 bits per heavy atom. The van der Waals surface area contributed by atoms with Crippen LogP contribution in [0.5, 0.6) is 11.6 Å². The number of amides is 1. The van der Waals surface area contributed by atoms with Gasteiger partial charge in [-0.05, 0) is 29.8 Å². The van der Waals surface area contributed by atoms with Gasteiger partial charge in [-0.1, -0.05) is 30.3 Å². The predicted molar refractivity (Wildman–Crippen MR) is 101 cm³/mol. The summed E-state index contributed by atoms with van der Waals surface area (Å²) in [5, 5.41) is 26.1. The molecule has 8 nitrogen and oxygen atoms in total. The number of aromatic hydroxyl groups is 1. The van der Waals surface area contributed by atoms with Crippen molar-refractivity contribution >= 4 is 11.9 Å².